The van der Waals surface area contributed by atoms with E-state index in [1.54, 1.807) is 4.68 Å². The van der Waals surface area contributed by atoms with Gasteiger partial charge in [0.1, 0.15) is 5.75 Å². The van der Waals surface area contributed by atoms with E-state index in [-0.39, 0.29) is 11.9 Å². The summed E-state index contributed by atoms with van der Waals surface area (Å²) in [6.07, 6.45) is 5.19. The number of benzene rings is 1. The molecule has 1 saturated heterocycles. The lowest BCUT2D eigenvalue weighted by molar-refractivity contribution is -0.122. The van der Waals surface area contributed by atoms with Crippen molar-refractivity contribution in [1.82, 2.24) is 15.1 Å². The third-order valence-corrected chi connectivity index (χ3v) is 4.75. The Morgan fingerprint density at radius 3 is 3.00 bits per heavy atom. The van der Waals surface area contributed by atoms with Crippen LogP contribution in [-0.2, 0) is 11.8 Å². The molecule has 2 aromatic rings. The van der Waals surface area contributed by atoms with Gasteiger partial charge in [0.05, 0.1) is 24.9 Å². The maximum absolute atomic E-state index is 12.2. The Morgan fingerprint density at radius 2 is 2.24 bits per heavy atom. The van der Waals surface area contributed by atoms with Crippen molar-refractivity contribution < 1.29 is 9.53 Å². The van der Waals surface area contributed by atoms with E-state index in [4.69, 9.17) is 4.74 Å². The number of ether oxygens (including phenoxy) is 1. The minimum atomic E-state index is 0.0448. The Morgan fingerprint density at radius 1 is 1.40 bits per heavy atom. The van der Waals surface area contributed by atoms with Crippen LogP contribution in [0.5, 0.6) is 5.75 Å². The predicted octanol–water partition coefficient (Wildman–Crippen LogP) is 2.20. The first-order valence-electron chi connectivity index (χ1n) is 8.75. The minimum absolute atomic E-state index is 0.0448. The van der Waals surface area contributed by atoms with Crippen molar-refractivity contribution in [3.63, 3.8) is 0 Å². The van der Waals surface area contributed by atoms with E-state index in [9.17, 15) is 4.79 Å². The van der Waals surface area contributed by atoms with E-state index < -0.39 is 0 Å². The normalized spacial score (nSPS) is 16.9. The SMILES string of the molecule is Cc1cccc(OCCC(=O)NC2CCN(c3cnn(C)c3)C2)c1C. The molecular formula is C19H26N4O2. The molecule has 0 radical (unpaired) electrons. The van der Waals surface area contributed by atoms with Gasteiger partial charge in [-0.3, -0.25) is 9.48 Å². The molecule has 0 spiro atoms. The summed E-state index contributed by atoms with van der Waals surface area (Å²) < 4.78 is 7.56. The fourth-order valence-corrected chi connectivity index (χ4v) is 3.12. The molecule has 0 saturated carbocycles. The van der Waals surface area contributed by atoms with Crippen LogP contribution in [0.25, 0.3) is 0 Å². The number of rotatable bonds is 6. The molecule has 6 nitrogen and oxygen atoms in total. The van der Waals surface area contributed by atoms with E-state index in [0.717, 1.165) is 36.5 Å². The zero-order valence-corrected chi connectivity index (χ0v) is 15.2. The number of hydrogen-bond donors (Lipinski definition) is 1. The molecule has 1 amide bonds. The zero-order chi connectivity index (χ0) is 17.8. The van der Waals surface area contributed by atoms with E-state index in [2.05, 4.69) is 28.3 Å². The van der Waals surface area contributed by atoms with Crippen LogP contribution in [0.15, 0.2) is 30.6 Å². The molecule has 1 fully saturated rings. The predicted molar refractivity (Wildman–Crippen MR) is 98.0 cm³/mol. The molecule has 1 aliphatic heterocycles. The van der Waals surface area contributed by atoms with Crippen LogP contribution >= 0.6 is 0 Å². The van der Waals surface area contributed by atoms with Gasteiger partial charge in [-0.05, 0) is 37.5 Å². The molecule has 1 aromatic heterocycles. The summed E-state index contributed by atoms with van der Waals surface area (Å²) in [5.41, 5.74) is 3.44. The maximum atomic E-state index is 12.2. The van der Waals surface area contributed by atoms with Gasteiger partial charge in [-0.25, -0.2) is 0 Å². The van der Waals surface area contributed by atoms with Gasteiger partial charge in [0.15, 0.2) is 0 Å². The molecule has 1 N–H and O–H groups in total. The number of nitrogens with zero attached hydrogens (tertiary/aromatic N) is 3. The number of anilines is 1. The van der Waals surface area contributed by atoms with Crippen LogP contribution in [0.4, 0.5) is 5.69 Å². The fourth-order valence-electron chi connectivity index (χ4n) is 3.12. The first-order chi connectivity index (χ1) is 12.0. The van der Waals surface area contributed by atoms with Crippen LogP contribution in [-0.4, -0.2) is 41.4 Å². The second kappa shape index (κ2) is 7.59. The average Bonchev–Trinajstić information content (AvgIpc) is 3.20. The first-order valence-corrected chi connectivity index (χ1v) is 8.75. The number of aromatic nitrogens is 2. The van der Waals surface area contributed by atoms with E-state index in [1.807, 2.05) is 38.5 Å². The van der Waals surface area contributed by atoms with E-state index >= 15 is 0 Å². The first kappa shape index (κ1) is 17.3. The second-order valence-electron chi connectivity index (χ2n) is 6.67. The van der Waals surface area contributed by atoms with E-state index in [1.165, 1.54) is 5.56 Å². The quantitative estimate of drug-likeness (QED) is 0.874. The Labute approximate surface area is 148 Å². The molecule has 2 heterocycles. The van der Waals surface area contributed by atoms with Crippen molar-refractivity contribution in [2.45, 2.75) is 32.7 Å². The second-order valence-corrected chi connectivity index (χ2v) is 6.67. The third-order valence-electron chi connectivity index (χ3n) is 4.75. The van der Waals surface area contributed by atoms with Crippen LogP contribution in [0.2, 0.25) is 0 Å². The van der Waals surface area contributed by atoms with Crippen molar-refractivity contribution in [3.8, 4) is 5.75 Å². The van der Waals surface area contributed by atoms with Gasteiger partial charge in [0, 0.05) is 32.4 Å². The van der Waals surface area contributed by atoms with Crippen molar-refractivity contribution in [1.29, 1.82) is 0 Å². The highest BCUT2D eigenvalue weighted by molar-refractivity contribution is 5.76. The molecule has 134 valence electrons. The molecule has 0 bridgehead atoms. The Kier molecular flexibility index (Phi) is 5.26. The molecule has 6 heteroatoms. The maximum Gasteiger partial charge on any atom is 0.223 e. The summed E-state index contributed by atoms with van der Waals surface area (Å²) in [7, 11) is 1.91. The number of carbonyl (C=O) groups is 1. The summed E-state index contributed by atoms with van der Waals surface area (Å²) in [5, 5.41) is 7.31. The molecule has 25 heavy (non-hydrogen) atoms. The fraction of sp³-hybridized carbons (Fsp3) is 0.474. The number of amides is 1. The molecule has 1 aliphatic rings. The van der Waals surface area contributed by atoms with Gasteiger partial charge >= 0.3 is 0 Å². The lowest BCUT2D eigenvalue weighted by Gasteiger charge is -2.17. The Bertz CT molecular complexity index is 741. The van der Waals surface area contributed by atoms with Gasteiger partial charge in [0.25, 0.3) is 0 Å². The van der Waals surface area contributed by atoms with Crippen LogP contribution in [0.1, 0.15) is 24.0 Å². The zero-order valence-electron chi connectivity index (χ0n) is 15.2. The average molecular weight is 342 g/mol. The van der Waals surface area contributed by atoms with Gasteiger partial charge < -0.3 is 15.0 Å². The van der Waals surface area contributed by atoms with Crippen molar-refractivity contribution in [3.05, 3.63) is 41.7 Å². The lowest BCUT2D eigenvalue weighted by atomic mass is 10.1. The number of carbonyl (C=O) groups excluding carboxylic acids is 1. The van der Waals surface area contributed by atoms with Crippen LogP contribution in [0.3, 0.4) is 0 Å². The summed E-state index contributed by atoms with van der Waals surface area (Å²) in [6, 6.07) is 6.17. The highest BCUT2D eigenvalue weighted by atomic mass is 16.5. The summed E-state index contributed by atoms with van der Waals surface area (Å²) in [6.45, 7) is 6.26. The summed E-state index contributed by atoms with van der Waals surface area (Å²) in [5.74, 6) is 0.903. The van der Waals surface area contributed by atoms with Gasteiger partial charge in [-0.15, -0.1) is 0 Å². The van der Waals surface area contributed by atoms with Crippen molar-refractivity contribution in [2.24, 2.45) is 7.05 Å². The summed E-state index contributed by atoms with van der Waals surface area (Å²) in [4.78, 5) is 14.4. The molecule has 1 aromatic carbocycles. The van der Waals surface area contributed by atoms with Crippen LogP contribution in [0, 0.1) is 13.8 Å². The Hall–Kier alpha value is -2.50. The summed E-state index contributed by atoms with van der Waals surface area (Å²) >= 11 is 0. The smallest absolute Gasteiger partial charge is 0.223 e. The molecule has 3 rings (SSSR count). The number of aryl methyl sites for hydroxylation is 2. The lowest BCUT2D eigenvalue weighted by Crippen LogP contribution is -2.37. The third kappa shape index (κ3) is 4.32. The minimum Gasteiger partial charge on any atom is -0.493 e. The number of hydrogen-bond acceptors (Lipinski definition) is 4. The Balaban J connectivity index is 1.42. The molecule has 1 unspecified atom stereocenters. The monoisotopic (exact) mass is 342 g/mol. The molecule has 1 atom stereocenters. The van der Waals surface area contributed by atoms with Gasteiger partial charge in [-0.1, -0.05) is 12.1 Å². The van der Waals surface area contributed by atoms with Crippen LogP contribution < -0.4 is 15.0 Å². The largest absolute Gasteiger partial charge is 0.493 e. The van der Waals surface area contributed by atoms with Gasteiger partial charge in [-0.2, -0.15) is 5.10 Å². The van der Waals surface area contributed by atoms with Crippen molar-refractivity contribution >= 4 is 11.6 Å². The highest BCUT2D eigenvalue weighted by Crippen LogP contribution is 2.21. The molecule has 0 aliphatic carbocycles. The van der Waals surface area contributed by atoms with Gasteiger partial charge in [0.2, 0.25) is 5.91 Å². The highest BCUT2D eigenvalue weighted by Gasteiger charge is 2.24. The molecular weight excluding hydrogens is 316 g/mol. The topological polar surface area (TPSA) is 59.4 Å². The standard InChI is InChI=1S/C19H26N4O2/c1-14-5-4-6-18(15(14)2)25-10-8-19(24)21-16-7-9-23(12-16)17-11-20-22(3)13-17/h4-6,11,13,16H,7-10,12H2,1-3H3,(H,21,24). The van der Waals surface area contributed by atoms with E-state index in [0.29, 0.717) is 13.0 Å². The van der Waals surface area contributed by atoms with Crippen molar-refractivity contribution in [2.75, 3.05) is 24.6 Å². The number of nitrogens with one attached hydrogen (secondary N) is 1.